The maximum atomic E-state index is 4.57. The summed E-state index contributed by atoms with van der Waals surface area (Å²) in [5, 5.41) is 12.0. The van der Waals surface area contributed by atoms with Gasteiger partial charge < -0.3 is 0 Å². The molecule has 2 heterocycles. The molecule has 0 aromatic heterocycles. The number of para-hydroxylation sites is 2. The van der Waals surface area contributed by atoms with Gasteiger partial charge in [0.1, 0.15) is 0 Å². The summed E-state index contributed by atoms with van der Waals surface area (Å²) >= 11 is 0. The van der Waals surface area contributed by atoms with E-state index < -0.39 is 0 Å². The maximum Gasteiger partial charge on any atom is 0.251 e. The number of anilines is 2. The summed E-state index contributed by atoms with van der Waals surface area (Å²) in [6, 6.07) is 18.0. The quantitative estimate of drug-likeness (QED) is 0.779. The van der Waals surface area contributed by atoms with E-state index in [0.29, 0.717) is 6.54 Å². The molecule has 5 nitrogen and oxygen atoms in total. The second-order valence-corrected chi connectivity index (χ2v) is 4.38. The first-order chi connectivity index (χ1) is 9.43. The summed E-state index contributed by atoms with van der Waals surface area (Å²) in [6.07, 6.45) is 0. The molecule has 0 saturated carbocycles. The molecule has 19 heavy (non-hydrogen) atoms. The van der Waals surface area contributed by atoms with Crippen LogP contribution >= 0.6 is 0 Å². The average molecular weight is 249 g/mol. The van der Waals surface area contributed by atoms with Crippen LogP contribution in [0, 0.1) is 0 Å². The zero-order valence-electron chi connectivity index (χ0n) is 10.1. The first-order valence-electron chi connectivity index (χ1n) is 6.13. The fourth-order valence-electron chi connectivity index (χ4n) is 2.28. The number of benzene rings is 2. The largest absolute Gasteiger partial charge is 0.251 e. The first-order valence-corrected chi connectivity index (χ1v) is 6.13. The van der Waals surface area contributed by atoms with Gasteiger partial charge >= 0.3 is 0 Å². The van der Waals surface area contributed by atoms with Gasteiger partial charge in [0.2, 0.25) is 0 Å². The minimum Gasteiger partial charge on any atom is -0.244 e. The van der Waals surface area contributed by atoms with Crippen molar-refractivity contribution in [3.8, 4) is 0 Å². The van der Waals surface area contributed by atoms with Crippen LogP contribution in [0.25, 0.3) is 0 Å². The van der Waals surface area contributed by atoms with E-state index in [9.17, 15) is 0 Å². The lowest BCUT2D eigenvalue weighted by molar-refractivity contribution is 0.963. The van der Waals surface area contributed by atoms with Crippen LogP contribution in [0.2, 0.25) is 0 Å². The highest BCUT2D eigenvalue weighted by Crippen LogP contribution is 2.32. The Bertz CT molecular complexity index is 677. The van der Waals surface area contributed by atoms with Crippen molar-refractivity contribution in [2.24, 2.45) is 15.4 Å². The van der Waals surface area contributed by atoms with Gasteiger partial charge in [-0.3, -0.25) is 0 Å². The van der Waals surface area contributed by atoms with Crippen LogP contribution in [0.15, 0.2) is 70.0 Å². The molecule has 0 N–H and O–H groups in total. The third kappa shape index (κ3) is 1.52. The molecule has 92 valence electrons. The van der Waals surface area contributed by atoms with Crippen LogP contribution in [0.3, 0.4) is 0 Å². The third-order valence-electron chi connectivity index (χ3n) is 3.21. The van der Waals surface area contributed by atoms with Crippen LogP contribution in [0.5, 0.6) is 0 Å². The minimum atomic E-state index is 0.663. The molecule has 5 heteroatoms. The van der Waals surface area contributed by atoms with E-state index in [1.165, 1.54) is 5.56 Å². The summed E-state index contributed by atoms with van der Waals surface area (Å²) in [5.74, 6) is 0.755. The lowest BCUT2D eigenvalue weighted by Crippen LogP contribution is -2.35. The van der Waals surface area contributed by atoms with Crippen molar-refractivity contribution >= 4 is 17.3 Å². The monoisotopic (exact) mass is 249 g/mol. The van der Waals surface area contributed by atoms with E-state index >= 15 is 0 Å². The van der Waals surface area contributed by atoms with E-state index in [0.717, 1.165) is 17.3 Å². The van der Waals surface area contributed by atoms with E-state index in [1.54, 1.807) is 10.0 Å². The standard InChI is InChI=1S/C14H11N5/c1-2-7-12(8-3-1)18-14-15-10-11-6-4-5-9-13(11)19(14)17-16-18/h1-9H,10H2. The van der Waals surface area contributed by atoms with E-state index in [1.807, 2.05) is 48.5 Å². The molecule has 2 aromatic carbocycles. The summed E-state index contributed by atoms with van der Waals surface area (Å²) in [4.78, 5) is 4.57. The molecule has 2 aliphatic rings. The Morgan fingerprint density at radius 1 is 0.789 bits per heavy atom. The van der Waals surface area contributed by atoms with Gasteiger partial charge in [-0.2, -0.15) is 10.0 Å². The van der Waals surface area contributed by atoms with Crippen LogP contribution in [0.1, 0.15) is 5.56 Å². The maximum absolute atomic E-state index is 4.57. The molecule has 4 rings (SSSR count). The van der Waals surface area contributed by atoms with Crippen molar-refractivity contribution in [1.29, 1.82) is 0 Å². The Labute approximate surface area is 110 Å². The van der Waals surface area contributed by atoms with Crippen molar-refractivity contribution in [1.82, 2.24) is 0 Å². The van der Waals surface area contributed by atoms with Crippen LogP contribution in [-0.4, -0.2) is 5.96 Å². The molecule has 2 aliphatic heterocycles. The number of guanidine groups is 1. The van der Waals surface area contributed by atoms with Gasteiger partial charge in [-0.05, 0) is 34.2 Å². The Kier molecular flexibility index (Phi) is 2.11. The Hall–Kier alpha value is -2.69. The minimum absolute atomic E-state index is 0.663. The number of nitrogens with zero attached hydrogens (tertiary/aromatic N) is 5. The summed E-state index contributed by atoms with van der Waals surface area (Å²) < 4.78 is 0. The van der Waals surface area contributed by atoms with Gasteiger partial charge in [-0.1, -0.05) is 36.4 Å². The molecule has 0 amide bonds. The molecule has 0 saturated heterocycles. The molecule has 0 fully saturated rings. The van der Waals surface area contributed by atoms with Crippen molar-refractivity contribution in [2.75, 3.05) is 10.0 Å². The fourth-order valence-corrected chi connectivity index (χ4v) is 2.28. The molecule has 0 radical (unpaired) electrons. The van der Waals surface area contributed by atoms with Crippen molar-refractivity contribution in [3.05, 3.63) is 60.2 Å². The molecule has 0 aliphatic carbocycles. The Morgan fingerprint density at radius 2 is 1.53 bits per heavy atom. The zero-order valence-corrected chi connectivity index (χ0v) is 10.1. The number of hydrogen-bond acceptors (Lipinski definition) is 5. The lowest BCUT2D eigenvalue weighted by Gasteiger charge is -2.23. The SMILES string of the molecule is c1ccc(N2N=NN3C2=NCc2ccccc23)cc1. The topological polar surface area (TPSA) is 43.6 Å². The van der Waals surface area contributed by atoms with E-state index in [2.05, 4.69) is 21.5 Å². The second kappa shape index (κ2) is 3.91. The first kappa shape index (κ1) is 10.3. The number of aliphatic imine (C=N–C) groups is 1. The predicted octanol–water partition coefficient (Wildman–Crippen LogP) is 3.17. The average Bonchev–Trinajstić information content (AvgIpc) is 2.92. The van der Waals surface area contributed by atoms with Gasteiger partial charge in [0.25, 0.3) is 5.96 Å². The van der Waals surface area contributed by atoms with Gasteiger partial charge in [-0.25, -0.2) is 4.99 Å². The normalized spacial score (nSPS) is 16.1. The number of rotatable bonds is 1. The molecule has 0 atom stereocenters. The van der Waals surface area contributed by atoms with Gasteiger partial charge in [0.15, 0.2) is 0 Å². The third-order valence-corrected chi connectivity index (χ3v) is 3.21. The Morgan fingerprint density at radius 3 is 2.42 bits per heavy atom. The molecule has 0 spiro atoms. The smallest absolute Gasteiger partial charge is 0.244 e. The summed E-state index contributed by atoms with van der Waals surface area (Å²) in [7, 11) is 0. The van der Waals surface area contributed by atoms with Gasteiger partial charge in [0, 0.05) is 0 Å². The van der Waals surface area contributed by atoms with Gasteiger partial charge in [0.05, 0.1) is 17.9 Å². The highest BCUT2D eigenvalue weighted by atomic mass is 15.8. The lowest BCUT2D eigenvalue weighted by atomic mass is 10.1. The number of fused-ring (bicyclic) bond motifs is 3. The van der Waals surface area contributed by atoms with Crippen LogP contribution in [0.4, 0.5) is 11.4 Å². The molecule has 0 bridgehead atoms. The highest BCUT2D eigenvalue weighted by molar-refractivity contribution is 6.08. The van der Waals surface area contributed by atoms with Crippen molar-refractivity contribution < 1.29 is 0 Å². The molecule has 2 aromatic rings. The van der Waals surface area contributed by atoms with E-state index in [-0.39, 0.29) is 0 Å². The van der Waals surface area contributed by atoms with Crippen molar-refractivity contribution in [2.45, 2.75) is 6.54 Å². The predicted molar refractivity (Wildman–Crippen MR) is 73.8 cm³/mol. The zero-order chi connectivity index (χ0) is 12.7. The van der Waals surface area contributed by atoms with Gasteiger partial charge in [-0.15, -0.1) is 0 Å². The van der Waals surface area contributed by atoms with Crippen LogP contribution < -0.4 is 10.0 Å². The van der Waals surface area contributed by atoms with E-state index in [4.69, 9.17) is 0 Å². The molecular formula is C14H11N5. The molecular weight excluding hydrogens is 238 g/mol. The highest BCUT2D eigenvalue weighted by Gasteiger charge is 2.31. The summed E-state index contributed by atoms with van der Waals surface area (Å²) in [6.45, 7) is 0.663. The van der Waals surface area contributed by atoms with Crippen LogP contribution in [-0.2, 0) is 6.54 Å². The summed E-state index contributed by atoms with van der Waals surface area (Å²) in [5.41, 5.74) is 3.18. The second-order valence-electron chi connectivity index (χ2n) is 4.38. The number of hydrogen-bond donors (Lipinski definition) is 0. The fraction of sp³-hybridized carbons (Fsp3) is 0.0714. The van der Waals surface area contributed by atoms with Crippen molar-refractivity contribution in [3.63, 3.8) is 0 Å². The molecule has 0 unspecified atom stereocenters. The Balaban J connectivity index is 1.76.